The summed E-state index contributed by atoms with van der Waals surface area (Å²) in [5.41, 5.74) is 2.78. The van der Waals surface area contributed by atoms with Gasteiger partial charge < -0.3 is 15.4 Å². The highest BCUT2D eigenvalue weighted by Gasteiger charge is 2.43. The number of carbonyl (C=O) groups excluding carboxylic acids is 3. The number of hydrogen-bond donors (Lipinski definition) is 2. The molecule has 160 valence electrons. The zero-order valence-electron chi connectivity index (χ0n) is 16.8. The topological polar surface area (TPSA) is 87.7 Å². The lowest BCUT2D eigenvalue weighted by Crippen LogP contribution is -2.49. The molecule has 2 heterocycles. The second kappa shape index (κ2) is 7.82. The summed E-state index contributed by atoms with van der Waals surface area (Å²) in [6, 6.07) is 7.04. The van der Waals surface area contributed by atoms with Gasteiger partial charge >= 0.3 is 12.0 Å². The van der Waals surface area contributed by atoms with Crippen LogP contribution in [0.2, 0.25) is 0 Å². The number of ether oxygens (including phenoxy) is 1. The second-order valence-corrected chi connectivity index (χ2v) is 7.44. The van der Waals surface area contributed by atoms with Crippen LogP contribution >= 0.6 is 0 Å². The van der Waals surface area contributed by atoms with E-state index in [0.717, 1.165) is 39.8 Å². The van der Waals surface area contributed by atoms with Crippen molar-refractivity contribution in [1.29, 1.82) is 0 Å². The summed E-state index contributed by atoms with van der Waals surface area (Å²) in [6.45, 7) is 3.11. The van der Waals surface area contributed by atoms with Gasteiger partial charge in [-0.05, 0) is 37.1 Å². The standard InChI is InChI=1S/C22H19F2N3O4/c1-11-3-4-12(2)14(7-11)20-19-17(10-31-21(19)29)27(22(30)26-20)9-18(28)25-16-8-13(23)5-6-15(16)24/h3-8,20H,9-10H2,1-2H3,(H,25,28)(H,26,30). The fourth-order valence-electron chi connectivity index (χ4n) is 3.71. The summed E-state index contributed by atoms with van der Waals surface area (Å²) in [5, 5.41) is 5.00. The van der Waals surface area contributed by atoms with Crippen molar-refractivity contribution in [3.05, 3.63) is 76.0 Å². The van der Waals surface area contributed by atoms with Crippen LogP contribution in [0.1, 0.15) is 22.7 Å². The molecule has 2 aliphatic rings. The normalized spacial score (nSPS) is 17.9. The van der Waals surface area contributed by atoms with Gasteiger partial charge in [-0.15, -0.1) is 0 Å². The van der Waals surface area contributed by atoms with Crippen LogP contribution in [0, 0.1) is 25.5 Å². The van der Waals surface area contributed by atoms with Gasteiger partial charge in [0.15, 0.2) is 0 Å². The van der Waals surface area contributed by atoms with Gasteiger partial charge in [0, 0.05) is 6.07 Å². The van der Waals surface area contributed by atoms with Crippen LogP contribution in [0.15, 0.2) is 47.7 Å². The zero-order valence-corrected chi connectivity index (χ0v) is 16.8. The highest BCUT2D eigenvalue weighted by Crippen LogP contribution is 2.36. The molecule has 0 fully saturated rings. The van der Waals surface area contributed by atoms with E-state index >= 15 is 0 Å². The molecule has 0 aliphatic carbocycles. The number of rotatable bonds is 4. The van der Waals surface area contributed by atoms with Gasteiger partial charge in [0.1, 0.15) is 24.8 Å². The number of nitrogens with one attached hydrogen (secondary N) is 2. The summed E-state index contributed by atoms with van der Waals surface area (Å²) < 4.78 is 32.3. The van der Waals surface area contributed by atoms with E-state index in [2.05, 4.69) is 10.6 Å². The van der Waals surface area contributed by atoms with Crippen LogP contribution < -0.4 is 10.6 Å². The Kier molecular flexibility index (Phi) is 5.18. The molecule has 1 atom stereocenters. The highest BCUT2D eigenvalue weighted by atomic mass is 19.1. The predicted molar refractivity (Wildman–Crippen MR) is 107 cm³/mol. The SMILES string of the molecule is Cc1ccc(C)c(C2NC(=O)N(CC(=O)Nc3cc(F)ccc3F)C3=C2C(=O)OC3)c1. The number of benzene rings is 2. The molecule has 9 heteroatoms. The average Bonchev–Trinajstić information content (AvgIpc) is 3.10. The molecule has 2 aromatic rings. The number of nitrogens with zero attached hydrogens (tertiary/aromatic N) is 1. The molecular formula is C22H19F2N3O4. The maximum absolute atomic E-state index is 13.8. The molecule has 0 saturated carbocycles. The van der Waals surface area contributed by atoms with Gasteiger partial charge in [-0.25, -0.2) is 18.4 Å². The van der Waals surface area contributed by atoms with E-state index in [9.17, 15) is 23.2 Å². The lowest BCUT2D eigenvalue weighted by molar-refractivity contribution is -0.136. The van der Waals surface area contributed by atoms with Crippen LogP contribution in [-0.4, -0.2) is 36.0 Å². The van der Waals surface area contributed by atoms with Crippen molar-refractivity contribution in [2.75, 3.05) is 18.5 Å². The predicted octanol–water partition coefficient (Wildman–Crippen LogP) is 3.10. The minimum absolute atomic E-state index is 0.162. The van der Waals surface area contributed by atoms with Gasteiger partial charge in [0.05, 0.1) is 23.0 Å². The number of anilines is 1. The van der Waals surface area contributed by atoms with Crippen molar-refractivity contribution in [3.8, 4) is 0 Å². The van der Waals surface area contributed by atoms with E-state index in [1.54, 1.807) is 0 Å². The number of hydrogen-bond acceptors (Lipinski definition) is 4. The Morgan fingerprint density at radius 2 is 1.97 bits per heavy atom. The van der Waals surface area contributed by atoms with Gasteiger partial charge in [-0.1, -0.05) is 23.8 Å². The van der Waals surface area contributed by atoms with Crippen LogP contribution in [-0.2, 0) is 14.3 Å². The Balaban J connectivity index is 1.63. The number of esters is 1. The molecule has 31 heavy (non-hydrogen) atoms. The smallest absolute Gasteiger partial charge is 0.338 e. The Morgan fingerprint density at radius 1 is 1.19 bits per heavy atom. The third-order valence-corrected chi connectivity index (χ3v) is 5.25. The van der Waals surface area contributed by atoms with E-state index in [4.69, 9.17) is 4.74 Å². The number of amides is 3. The monoisotopic (exact) mass is 427 g/mol. The summed E-state index contributed by atoms with van der Waals surface area (Å²) >= 11 is 0. The van der Waals surface area contributed by atoms with Gasteiger partial charge in [-0.2, -0.15) is 0 Å². The fraction of sp³-hybridized carbons (Fsp3) is 0.227. The van der Waals surface area contributed by atoms with Crippen molar-refractivity contribution < 1.29 is 27.9 Å². The number of aryl methyl sites for hydroxylation is 2. The van der Waals surface area contributed by atoms with Gasteiger partial charge in [-0.3, -0.25) is 9.69 Å². The molecule has 2 aromatic carbocycles. The molecule has 2 aliphatic heterocycles. The molecule has 4 rings (SSSR count). The Bertz CT molecular complexity index is 1150. The first-order valence-corrected chi connectivity index (χ1v) is 9.55. The van der Waals surface area contributed by atoms with Gasteiger partial charge in [0.2, 0.25) is 5.91 Å². The fourth-order valence-corrected chi connectivity index (χ4v) is 3.71. The molecule has 0 radical (unpaired) electrons. The van der Waals surface area contributed by atoms with Crippen molar-refractivity contribution in [3.63, 3.8) is 0 Å². The summed E-state index contributed by atoms with van der Waals surface area (Å²) in [7, 11) is 0. The van der Waals surface area contributed by atoms with E-state index in [1.807, 2.05) is 32.0 Å². The molecule has 0 aromatic heterocycles. The summed E-state index contributed by atoms with van der Waals surface area (Å²) in [5.74, 6) is -2.87. The number of carbonyl (C=O) groups is 3. The molecule has 3 amide bonds. The first-order chi connectivity index (χ1) is 14.7. The molecule has 0 saturated heterocycles. The lowest BCUT2D eigenvalue weighted by Gasteiger charge is -2.33. The number of cyclic esters (lactones) is 1. The Hall–Kier alpha value is -3.75. The lowest BCUT2D eigenvalue weighted by atomic mass is 9.91. The number of halogens is 2. The van der Waals surface area contributed by atoms with Crippen molar-refractivity contribution >= 4 is 23.6 Å². The maximum Gasteiger partial charge on any atom is 0.338 e. The average molecular weight is 427 g/mol. The zero-order chi connectivity index (χ0) is 22.3. The van der Waals surface area contributed by atoms with E-state index in [1.165, 1.54) is 0 Å². The second-order valence-electron chi connectivity index (χ2n) is 7.44. The first-order valence-electron chi connectivity index (χ1n) is 9.55. The van der Waals surface area contributed by atoms with E-state index in [0.29, 0.717) is 0 Å². The third-order valence-electron chi connectivity index (χ3n) is 5.25. The Morgan fingerprint density at radius 3 is 2.74 bits per heavy atom. The van der Waals surface area contributed by atoms with Crippen LogP contribution in [0.3, 0.4) is 0 Å². The molecule has 0 spiro atoms. The first kappa shape index (κ1) is 20.5. The molecule has 2 N–H and O–H groups in total. The summed E-state index contributed by atoms with van der Waals surface area (Å²) in [4.78, 5) is 38.8. The molecular weight excluding hydrogens is 408 g/mol. The largest absolute Gasteiger partial charge is 0.456 e. The summed E-state index contributed by atoms with van der Waals surface area (Å²) in [6.07, 6.45) is 0. The van der Waals surface area contributed by atoms with Gasteiger partial charge in [0.25, 0.3) is 0 Å². The molecule has 7 nitrogen and oxygen atoms in total. The van der Waals surface area contributed by atoms with E-state index < -0.39 is 42.1 Å². The minimum Gasteiger partial charge on any atom is -0.456 e. The van der Waals surface area contributed by atoms with Crippen molar-refractivity contribution in [1.82, 2.24) is 10.2 Å². The highest BCUT2D eigenvalue weighted by molar-refractivity contribution is 6.00. The van der Waals surface area contributed by atoms with Crippen LogP contribution in [0.25, 0.3) is 0 Å². The Labute approximate surface area is 176 Å². The molecule has 0 bridgehead atoms. The van der Waals surface area contributed by atoms with Crippen LogP contribution in [0.4, 0.5) is 19.3 Å². The quantitative estimate of drug-likeness (QED) is 0.734. The van der Waals surface area contributed by atoms with Crippen molar-refractivity contribution in [2.24, 2.45) is 0 Å². The van der Waals surface area contributed by atoms with E-state index in [-0.39, 0.29) is 23.6 Å². The minimum atomic E-state index is -0.813. The number of urea groups is 1. The van der Waals surface area contributed by atoms with Crippen LogP contribution in [0.5, 0.6) is 0 Å². The maximum atomic E-state index is 13.8. The molecule has 1 unspecified atom stereocenters. The third kappa shape index (κ3) is 3.86. The van der Waals surface area contributed by atoms with Crippen molar-refractivity contribution in [2.45, 2.75) is 19.9 Å².